The first-order valence-electron chi connectivity index (χ1n) is 8.88. The Morgan fingerprint density at radius 1 is 1.21 bits per heavy atom. The van der Waals surface area contributed by atoms with Gasteiger partial charge in [-0.05, 0) is 58.6 Å². The van der Waals surface area contributed by atoms with Gasteiger partial charge in [-0.25, -0.2) is 0 Å². The molecule has 3 rings (SSSR count). The Labute approximate surface area is 145 Å². The second-order valence-electron chi connectivity index (χ2n) is 8.17. The van der Waals surface area contributed by atoms with E-state index >= 15 is 0 Å². The topological polar surface area (TPSA) is 45.5 Å². The molecule has 0 radical (unpaired) electrons. The van der Waals surface area contributed by atoms with Crippen molar-refractivity contribution in [3.05, 3.63) is 23.8 Å². The maximum absolute atomic E-state index is 9.63. The number of benzene rings is 1. The molecule has 4 nitrogen and oxygen atoms in total. The Morgan fingerprint density at radius 3 is 2.46 bits per heavy atom. The van der Waals surface area contributed by atoms with Crippen LogP contribution in [0.5, 0.6) is 0 Å². The van der Waals surface area contributed by atoms with Crippen molar-refractivity contribution >= 4 is 18.3 Å². The average Bonchev–Trinajstić information content (AvgIpc) is 2.74. The zero-order valence-electron chi connectivity index (χ0n) is 15.4. The minimum absolute atomic E-state index is 0.397. The molecule has 1 atom stereocenters. The van der Waals surface area contributed by atoms with Crippen molar-refractivity contribution in [1.29, 1.82) is 5.26 Å². The fourth-order valence-corrected chi connectivity index (χ4v) is 3.44. The van der Waals surface area contributed by atoms with E-state index in [-0.39, 0.29) is 0 Å². The third-order valence-electron chi connectivity index (χ3n) is 5.69. The molecule has 5 heteroatoms. The Morgan fingerprint density at radius 2 is 1.88 bits per heavy atom. The van der Waals surface area contributed by atoms with E-state index in [9.17, 15) is 5.26 Å². The van der Waals surface area contributed by atoms with Gasteiger partial charge in [0.05, 0.1) is 22.8 Å². The minimum Gasteiger partial charge on any atom is -0.399 e. The fourth-order valence-electron chi connectivity index (χ4n) is 3.44. The summed E-state index contributed by atoms with van der Waals surface area (Å²) < 4.78 is 12.2. The van der Waals surface area contributed by atoms with Crippen molar-refractivity contribution in [3.8, 4) is 6.07 Å². The molecule has 1 aromatic carbocycles. The Kier molecular flexibility index (Phi) is 4.40. The van der Waals surface area contributed by atoms with Crippen molar-refractivity contribution in [3.63, 3.8) is 0 Å². The predicted molar refractivity (Wildman–Crippen MR) is 97.5 cm³/mol. The van der Waals surface area contributed by atoms with E-state index in [1.165, 1.54) is 12.8 Å². The molecule has 24 heavy (non-hydrogen) atoms. The summed E-state index contributed by atoms with van der Waals surface area (Å²) in [6, 6.07) is 8.41. The normalized spacial score (nSPS) is 25.6. The molecule has 1 aromatic rings. The van der Waals surface area contributed by atoms with Gasteiger partial charge in [-0.1, -0.05) is 13.0 Å². The second kappa shape index (κ2) is 6.09. The van der Waals surface area contributed by atoms with Gasteiger partial charge in [0, 0.05) is 24.2 Å². The van der Waals surface area contributed by atoms with Gasteiger partial charge in [0.2, 0.25) is 0 Å². The van der Waals surface area contributed by atoms with Gasteiger partial charge in [-0.15, -0.1) is 0 Å². The molecule has 0 N–H and O–H groups in total. The molecule has 2 aliphatic heterocycles. The van der Waals surface area contributed by atoms with Gasteiger partial charge in [0.25, 0.3) is 0 Å². The maximum Gasteiger partial charge on any atom is 0.496 e. The van der Waals surface area contributed by atoms with Crippen molar-refractivity contribution in [1.82, 2.24) is 0 Å². The van der Waals surface area contributed by atoms with E-state index in [1.54, 1.807) is 0 Å². The molecule has 128 valence electrons. The number of hydrogen-bond donors (Lipinski definition) is 0. The Balaban J connectivity index is 1.87. The summed E-state index contributed by atoms with van der Waals surface area (Å²) in [4.78, 5) is 2.38. The molecule has 2 saturated heterocycles. The zero-order valence-corrected chi connectivity index (χ0v) is 15.4. The van der Waals surface area contributed by atoms with Crippen LogP contribution in [0.2, 0.25) is 0 Å². The van der Waals surface area contributed by atoms with E-state index in [4.69, 9.17) is 9.31 Å². The highest BCUT2D eigenvalue weighted by molar-refractivity contribution is 6.62. The number of hydrogen-bond acceptors (Lipinski definition) is 4. The molecular formula is C19H27BN2O2. The number of anilines is 1. The molecular weight excluding hydrogens is 299 g/mol. The maximum atomic E-state index is 9.63. The largest absolute Gasteiger partial charge is 0.496 e. The van der Waals surface area contributed by atoms with Crippen LogP contribution in [0.1, 0.15) is 53.0 Å². The zero-order chi connectivity index (χ0) is 17.5. The Bertz CT molecular complexity index is 650. The van der Waals surface area contributed by atoms with E-state index < -0.39 is 18.3 Å². The summed E-state index contributed by atoms with van der Waals surface area (Å²) in [5, 5.41) is 9.63. The Hall–Kier alpha value is -1.51. The van der Waals surface area contributed by atoms with E-state index in [0.29, 0.717) is 11.5 Å². The molecule has 0 amide bonds. The molecule has 0 spiro atoms. The van der Waals surface area contributed by atoms with Crippen LogP contribution in [-0.4, -0.2) is 31.4 Å². The third kappa shape index (κ3) is 3.05. The monoisotopic (exact) mass is 326 g/mol. The van der Waals surface area contributed by atoms with Crippen LogP contribution in [-0.2, 0) is 9.31 Å². The first-order chi connectivity index (χ1) is 11.2. The lowest BCUT2D eigenvalue weighted by Gasteiger charge is -2.33. The van der Waals surface area contributed by atoms with Gasteiger partial charge >= 0.3 is 7.12 Å². The van der Waals surface area contributed by atoms with Crippen LogP contribution < -0.4 is 10.4 Å². The number of nitriles is 1. The van der Waals surface area contributed by atoms with Crippen LogP contribution in [0.3, 0.4) is 0 Å². The molecule has 2 fully saturated rings. The van der Waals surface area contributed by atoms with Gasteiger partial charge in [-0.3, -0.25) is 0 Å². The van der Waals surface area contributed by atoms with E-state index in [1.807, 2.05) is 39.8 Å². The third-order valence-corrected chi connectivity index (χ3v) is 5.69. The summed E-state index contributed by atoms with van der Waals surface area (Å²) in [6.07, 6.45) is 2.50. The van der Waals surface area contributed by atoms with Crippen LogP contribution in [0.25, 0.3) is 0 Å². The van der Waals surface area contributed by atoms with Gasteiger partial charge in [-0.2, -0.15) is 5.26 Å². The van der Waals surface area contributed by atoms with E-state index in [0.717, 1.165) is 24.2 Å². The number of piperidine rings is 1. The molecule has 0 aliphatic carbocycles. The molecule has 0 aromatic heterocycles. The molecule has 2 aliphatic rings. The predicted octanol–water partition coefficient (Wildman–Crippen LogP) is 3.09. The SMILES string of the molecule is CC1CCCN(c2ccc(B3OC(C)(C)C(C)(C)O3)c(C#N)c2)C1. The summed E-state index contributed by atoms with van der Waals surface area (Å²) in [5.41, 5.74) is 1.80. The summed E-state index contributed by atoms with van der Waals surface area (Å²) in [6.45, 7) is 12.5. The van der Waals surface area contributed by atoms with Crippen LogP contribution in [0, 0.1) is 17.2 Å². The lowest BCUT2D eigenvalue weighted by atomic mass is 9.76. The first-order valence-corrected chi connectivity index (χ1v) is 8.88. The summed E-state index contributed by atoms with van der Waals surface area (Å²) >= 11 is 0. The van der Waals surface area contributed by atoms with Gasteiger partial charge in [0.1, 0.15) is 0 Å². The van der Waals surface area contributed by atoms with Crippen molar-refractivity contribution < 1.29 is 9.31 Å². The van der Waals surface area contributed by atoms with E-state index in [2.05, 4.69) is 24.0 Å². The number of rotatable bonds is 2. The van der Waals surface area contributed by atoms with Crippen LogP contribution >= 0.6 is 0 Å². The second-order valence-corrected chi connectivity index (χ2v) is 8.17. The lowest BCUT2D eigenvalue weighted by molar-refractivity contribution is 0.00578. The summed E-state index contributed by atoms with van der Waals surface area (Å²) in [5.74, 6) is 0.701. The smallest absolute Gasteiger partial charge is 0.399 e. The van der Waals surface area contributed by atoms with Crippen LogP contribution in [0.15, 0.2) is 18.2 Å². The van der Waals surface area contributed by atoms with Gasteiger partial charge < -0.3 is 14.2 Å². The molecule has 0 saturated carbocycles. The lowest BCUT2D eigenvalue weighted by Crippen LogP contribution is -2.41. The fraction of sp³-hybridized carbons (Fsp3) is 0.632. The highest BCUT2D eigenvalue weighted by Gasteiger charge is 2.52. The molecule has 2 heterocycles. The summed E-state index contributed by atoms with van der Waals surface area (Å²) in [7, 11) is -0.487. The number of nitrogens with zero attached hydrogens (tertiary/aromatic N) is 2. The van der Waals surface area contributed by atoms with Crippen molar-refractivity contribution in [2.24, 2.45) is 5.92 Å². The van der Waals surface area contributed by atoms with Crippen molar-refractivity contribution in [2.75, 3.05) is 18.0 Å². The highest BCUT2D eigenvalue weighted by Crippen LogP contribution is 2.37. The van der Waals surface area contributed by atoms with Crippen LogP contribution in [0.4, 0.5) is 5.69 Å². The molecule has 0 bridgehead atoms. The quantitative estimate of drug-likeness (QED) is 0.784. The minimum atomic E-state index is -0.487. The average molecular weight is 326 g/mol. The first kappa shape index (κ1) is 17.3. The standard InChI is InChI=1S/C19H27BN2O2/c1-14-7-6-10-22(13-14)16-8-9-17(15(11-16)12-21)20-23-18(2,3)19(4,5)24-20/h8-9,11,14H,6-7,10,13H2,1-5H3. The molecule has 1 unspecified atom stereocenters. The van der Waals surface area contributed by atoms with Crippen molar-refractivity contribution in [2.45, 2.75) is 58.7 Å². The highest BCUT2D eigenvalue weighted by atomic mass is 16.7. The van der Waals surface area contributed by atoms with Gasteiger partial charge in [0.15, 0.2) is 0 Å².